The van der Waals surface area contributed by atoms with E-state index < -0.39 is 66.9 Å². The molecule has 11 N–H and O–H groups in total. The van der Waals surface area contributed by atoms with Crippen LogP contribution >= 0.6 is 11.6 Å². The molecule has 506 valence electrons. The number of hydrogen-bond donors (Lipinski definition) is 7. The van der Waals surface area contributed by atoms with E-state index in [9.17, 15) is 53.2 Å². The van der Waals surface area contributed by atoms with Gasteiger partial charge in [0.15, 0.2) is 68.8 Å². The van der Waals surface area contributed by atoms with Gasteiger partial charge in [0.25, 0.3) is 5.79 Å². The molecule has 0 spiro atoms. The van der Waals surface area contributed by atoms with Gasteiger partial charge in [0, 0.05) is 121 Å². The van der Waals surface area contributed by atoms with E-state index in [1.54, 1.807) is 48.8 Å². The van der Waals surface area contributed by atoms with Crippen LogP contribution in [0.3, 0.4) is 0 Å². The third-order valence-corrected chi connectivity index (χ3v) is 15.2. The number of primary sulfonamides is 2. The van der Waals surface area contributed by atoms with Crippen LogP contribution in [-0.2, 0) is 52.2 Å². The Kier molecular flexibility index (Phi) is 25.9. The summed E-state index contributed by atoms with van der Waals surface area (Å²) in [7, 11) is -0.353. The Morgan fingerprint density at radius 1 is 0.562 bits per heavy atom. The SMILES string of the molecule is COc1cc(N)ccc1F.COc1cc(NC=C2C(=O)OC(C)(C)OC2=O)ccc1F.COc1cc2[nH]ccc(=O)c2cc1F.COc1cc2nccc(Cl)c2cc1F.COc1cc2nccc(NCc3ccc(S(N)(=O)=O)cc3)c2cc1F.NCc1ccc(S(N)(=O)=O)cc1. The molecule has 0 atom stereocenters. The Morgan fingerprint density at radius 3 is 1.53 bits per heavy atom. The number of nitrogens with two attached hydrogens (primary N) is 4. The molecule has 1 fully saturated rings. The van der Waals surface area contributed by atoms with Gasteiger partial charge in [0.05, 0.1) is 66.9 Å². The summed E-state index contributed by atoms with van der Waals surface area (Å²) in [4.78, 5) is 46.0. The van der Waals surface area contributed by atoms with E-state index in [-0.39, 0.29) is 49.5 Å². The van der Waals surface area contributed by atoms with E-state index in [0.717, 1.165) is 17.3 Å². The van der Waals surface area contributed by atoms with E-state index in [1.807, 2.05) is 0 Å². The smallest absolute Gasteiger partial charge is 0.350 e. The van der Waals surface area contributed by atoms with E-state index in [1.165, 1.54) is 159 Å². The number of nitrogen functional groups attached to an aromatic ring is 1. The summed E-state index contributed by atoms with van der Waals surface area (Å²) in [6.07, 6.45) is 5.85. The number of aromatic amines is 1. The second kappa shape index (κ2) is 33.5. The van der Waals surface area contributed by atoms with E-state index in [2.05, 4.69) is 30.3 Å². The fourth-order valence-electron chi connectivity index (χ4n) is 8.23. The molecular weight excluding hydrogens is 1330 g/mol. The molecule has 1 saturated heterocycles. The minimum absolute atomic E-state index is 0.0355. The van der Waals surface area contributed by atoms with Gasteiger partial charge in [-0.1, -0.05) is 35.9 Å². The molecule has 96 heavy (non-hydrogen) atoms. The highest BCUT2D eigenvalue weighted by atomic mass is 35.5. The molecule has 1 aliphatic heterocycles. The summed E-state index contributed by atoms with van der Waals surface area (Å²) in [6, 6.07) is 33.7. The van der Waals surface area contributed by atoms with Gasteiger partial charge in [0.1, 0.15) is 0 Å². The fraction of sp³-hybridized carbons (Fsp3) is 0.154. The second-order valence-electron chi connectivity index (χ2n) is 20.1. The first-order chi connectivity index (χ1) is 45.4. The van der Waals surface area contributed by atoms with Gasteiger partial charge in [-0.05, 0) is 90.0 Å². The summed E-state index contributed by atoms with van der Waals surface area (Å²) >= 11 is 5.88. The molecule has 0 radical (unpaired) electrons. The van der Waals surface area contributed by atoms with Crippen molar-refractivity contribution in [1.29, 1.82) is 0 Å². The summed E-state index contributed by atoms with van der Waals surface area (Å²) in [5.41, 5.74) is 15.4. The Balaban J connectivity index is 0.000000187. The monoisotopic (exact) mass is 1390 g/mol. The number of halogens is 6. The number of esters is 2. The van der Waals surface area contributed by atoms with Gasteiger partial charge in [-0.2, -0.15) is 0 Å². The number of carbonyl (C=O) groups is 2. The topological polar surface area (TPSA) is 354 Å². The van der Waals surface area contributed by atoms with Crippen molar-refractivity contribution in [3.63, 3.8) is 0 Å². The van der Waals surface area contributed by atoms with Crippen LogP contribution in [0.1, 0.15) is 25.0 Å². The van der Waals surface area contributed by atoms with Crippen molar-refractivity contribution in [1.82, 2.24) is 15.0 Å². The van der Waals surface area contributed by atoms with Gasteiger partial charge < -0.3 is 60.2 Å². The zero-order valence-corrected chi connectivity index (χ0v) is 54.4. The number of cyclic esters (lactones) is 2. The molecule has 3 aromatic heterocycles. The van der Waals surface area contributed by atoms with Crippen LogP contribution in [0.15, 0.2) is 184 Å². The van der Waals surface area contributed by atoms with Crippen LogP contribution in [0.25, 0.3) is 32.7 Å². The lowest BCUT2D eigenvalue weighted by Crippen LogP contribution is -2.42. The maximum absolute atomic E-state index is 14.0. The van der Waals surface area contributed by atoms with Crippen molar-refractivity contribution in [3.8, 4) is 28.7 Å². The summed E-state index contributed by atoms with van der Waals surface area (Å²) < 4.78 is 144. The lowest BCUT2D eigenvalue weighted by Gasteiger charge is -2.29. The van der Waals surface area contributed by atoms with Crippen molar-refractivity contribution < 1.29 is 81.5 Å². The summed E-state index contributed by atoms with van der Waals surface area (Å²) in [5.74, 6) is -4.57. The van der Waals surface area contributed by atoms with Crippen LogP contribution in [-0.4, -0.2) is 85.1 Å². The lowest BCUT2D eigenvalue weighted by molar-refractivity contribution is -0.222. The first-order valence-corrected chi connectivity index (χ1v) is 31.2. The molecule has 7 aromatic carbocycles. The number of pyridine rings is 3. The number of H-pyrrole nitrogens is 1. The average molecular weight is 1390 g/mol. The predicted molar refractivity (Wildman–Crippen MR) is 352 cm³/mol. The molecule has 4 heterocycles. The molecule has 0 aliphatic carbocycles. The third-order valence-electron chi connectivity index (χ3n) is 13.1. The Hall–Kier alpha value is -10.6. The van der Waals surface area contributed by atoms with E-state index in [4.69, 9.17) is 61.8 Å². The first-order valence-electron chi connectivity index (χ1n) is 27.7. The Morgan fingerprint density at radius 2 is 1.02 bits per heavy atom. The summed E-state index contributed by atoms with van der Waals surface area (Å²) in [5, 5.41) is 17.9. The number of carbonyl (C=O) groups excluding carboxylic acids is 2. The van der Waals surface area contributed by atoms with Gasteiger partial charge >= 0.3 is 11.9 Å². The molecular formula is C65H63ClF5N9O14S2. The van der Waals surface area contributed by atoms with Crippen LogP contribution in [0.4, 0.5) is 39.0 Å². The second-order valence-corrected chi connectivity index (χ2v) is 23.6. The van der Waals surface area contributed by atoms with Crippen LogP contribution < -0.4 is 61.5 Å². The minimum atomic E-state index is -3.71. The van der Waals surface area contributed by atoms with Gasteiger partial charge in [-0.15, -0.1) is 0 Å². The first kappa shape index (κ1) is 74.4. The molecule has 31 heteroatoms. The normalized spacial score (nSPS) is 12.1. The number of nitrogens with zero attached hydrogens (tertiary/aromatic N) is 2. The van der Waals surface area contributed by atoms with Crippen LogP contribution in [0.5, 0.6) is 28.7 Å². The number of sulfonamides is 2. The number of anilines is 3. The molecule has 0 saturated carbocycles. The standard InChI is InChI=1S/C17H16FN3O3S.C14H14FNO5.C10H7ClFNO.C10H8FNO2.C7H8FNO.C7H10N2O2S/c1-24-17-9-16-13(8-14(17)18)15(6-7-20-16)21-10-11-2-4-12(5-3-11)25(19,22)23;1-14(2)20-12(17)9(13(18)21-14)7-16-8-4-5-10(15)11(6-8)19-3;1-14-10-5-9-6(4-8(10)12)7(11)2-3-13-9;1-14-10-5-8-6(4-7(10)11)9(13)2-3-12-8;1-10-7-4-5(9)2-3-6(7)8;8-5-6-1-3-7(4-2-6)12(9,10)11/h2-9H,10H2,1H3,(H,20,21)(H2,19,22,23);4-7,16H,1-3H3;2-5H,1H3;2-5H,1H3,(H,12,13);2-4H,9H2,1H3;1-4H,5,8H2,(H2,9,10,11). The highest BCUT2D eigenvalue weighted by molar-refractivity contribution is 7.89. The number of ether oxygens (including phenoxy) is 7. The lowest BCUT2D eigenvalue weighted by atomic mass is 10.1. The number of aromatic nitrogens is 3. The van der Waals surface area contributed by atoms with Gasteiger partial charge in [-0.25, -0.2) is 58.7 Å². The van der Waals surface area contributed by atoms with E-state index in [0.29, 0.717) is 67.9 Å². The van der Waals surface area contributed by atoms with Crippen molar-refractivity contribution >= 4 is 93.4 Å². The van der Waals surface area contributed by atoms with Crippen molar-refractivity contribution in [2.24, 2.45) is 16.0 Å². The minimum Gasteiger partial charge on any atom is -0.494 e. The number of hydrogen-bond acceptors (Lipinski definition) is 20. The quantitative estimate of drug-likeness (QED) is 0.0185. The molecule has 0 amide bonds. The Bertz CT molecular complexity index is 4730. The molecule has 11 rings (SSSR count). The highest BCUT2D eigenvalue weighted by Crippen LogP contribution is 2.31. The molecule has 10 aromatic rings. The molecule has 0 bridgehead atoms. The molecule has 1 aliphatic rings. The largest absolute Gasteiger partial charge is 0.494 e. The third kappa shape index (κ3) is 20.7. The number of methoxy groups -OCH3 is 5. The number of fused-ring (bicyclic) bond motifs is 3. The fourth-order valence-corrected chi connectivity index (χ4v) is 9.47. The number of benzene rings is 7. The maximum atomic E-state index is 14.0. The summed E-state index contributed by atoms with van der Waals surface area (Å²) in [6.45, 7) is 3.73. The molecule has 23 nitrogen and oxygen atoms in total. The van der Waals surface area contributed by atoms with Gasteiger partial charge in [0.2, 0.25) is 20.0 Å². The van der Waals surface area contributed by atoms with Gasteiger partial charge in [-0.3, -0.25) is 14.8 Å². The van der Waals surface area contributed by atoms with Crippen molar-refractivity contribution in [2.75, 3.05) is 51.9 Å². The van der Waals surface area contributed by atoms with E-state index >= 15 is 0 Å². The van der Waals surface area contributed by atoms with Crippen LogP contribution in [0.2, 0.25) is 5.02 Å². The zero-order chi connectivity index (χ0) is 70.7. The predicted octanol–water partition coefficient (Wildman–Crippen LogP) is 10.5. The average Bonchev–Trinajstić information content (AvgIpc) is 0.822. The van der Waals surface area contributed by atoms with Crippen LogP contribution in [0, 0.1) is 29.1 Å². The van der Waals surface area contributed by atoms with Crippen molar-refractivity contribution in [2.45, 2.75) is 42.5 Å². The molecule has 0 unspecified atom stereocenters. The number of nitrogens with one attached hydrogen (secondary N) is 3. The zero-order valence-electron chi connectivity index (χ0n) is 52.0. The maximum Gasteiger partial charge on any atom is 0.350 e. The number of rotatable bonds is 13. The Labute approximate surface area is 551 Å². The van der Waals surface area contributed by atoms with Crippen molar-refractivity contribution in [3.05, 3.63) is 225 Å². The highest BCUT2D eigenvalue weighted by Gasteiger charge is 2.39.